The molecule has 1 heterocycles. The van der Waals surface area contributed by atoms with Gasteiger partial charge in [-0.15, -0.1) is 0 Å². The van der Waals surface area contributed by atoms with E-state index in [9.17, 15) is 14.7 Å². The summed E-state index contributed by atoms with van der Waals surface area (Å²) >= 11 is 6.45. The maximum absolute atomic E-state index is 12.0. The molecule has 1 saturated heterocycles. The number of carbonyl (C=O) groups excluding carboxylic acids is 2. The van der Waals surface area contributed by atoms with Gasteiger partial charge in [0.25, 0.3) is 0 Å². The maximum Gasteiger partial charge on any atom is 0.311 e. The third kappa shape index (κ3) is 2.98. The number of nitrogens with zero attached hydrogens (tertiary/aromatic N) is 1. The van der Waals surface area contributed by atoms with Crippen molar-refractivity contribution < 1.29 is 19.4 Å². The summed E-state index contributed by atoms with van der Waals surface area (Å²) in [6.45, 7) is 2.34. The topological polar surface area (TPSA) is 66.8 Å². The number of phenolic OH excluding ortho intramolecular Hbond substituents is 1. The second-order valence-electron chi connectivity index (χ2n) is 4.42. The van der Waals surface area contributed by atoms with Crippen LogP contribution in [-0.2, 0) is 14.3 Å². The number of benzene rings is 1. The first-order valence-electron chi connectivity index (χ1n) is 6.09. The van der Waals surface area contributed by atoms with E-state index in [1.54, 1.807) is 19.1 Å². The molecule has 1 fully saturated rings. The van der Waals surface area contributed by atoms with Crippen LogP contribution in [0.5, 0.6) is 5.75 Å². The SMILES string of the molecule is CCOC(=O)[C@H]1CC(=O)N(c2cc(Br)c(O)c(Br)c2)C1. The fourth-order valence-electron chi connectivity index (χ4n) is 2.08. The second kappa shape index (κ2) is 6.13. The van der Waals surface area contributed by atoms with Gasteiger partial charge in [-0.3, -0.25) is 9.59 Å². The fourth-order valence-corrected chi connectivity index (χ4v) is 3.25. The lowest BCUT2D eigenvalue weighted by Gasteiger charge is -2.18. The minimum atomic E-state index is -0.436. The lowest BCUT2D eigenvalue weighted by molar-refractivity contribution is -0.147. The first-order chi connectivity index (χ1) is 9.43. The van der Waals surface area contributed by atoms with Crippen LogP contribution in [0, 0.1) is 5.92 Å². The van der Waals surface area contributed by atoms with Crippen LogP contribution in [0.1, 0.15) is 13.3 Å². The van der Waals surface area contributed by atoms with Gasteiger partial charge in [0, 0.05) is 18.7 Å². The summed E-state index contributed by atoms with van der Waals surface area (Å²) in [4.78, 5) is 25.2. The first kappa shape index (κ1) is 15.3. The molecule has 2 rings (SSSR count). The van der Waals surface area contributed by atoms with Gasteiger partial charge in [-0.2, -0.15) is 0 Å². The van der Waals surface area contributed by atoms with E-state index in [1.165, 1.54) is 4.90 Å². The van der Waals surface area contributed by atoms with Gasteiger partial charge in [0.2, 0.25) is 5.91 Å². The largest absolute Gasteiger partial charge is 0.506 e. The third-order valence-electron chi connectivity index (χ3n) is 3.06. The van der Waals surface area contributed by atoms with Crippen molar-refractivity contribution in [3.63, 3.8) is 0 Å². The summed E-state index contributed by atoms with van der Waals surface area (Å²) in [6, 6.07) is 3.29. The van der Waals surface area contributed by atoms with Crippen LogP contribution in [0.2, 0.25) is 0 Å². The number of hydrogen-bond acceptors (Lipinski definition) is 4. The van der Waals surface area contributed by atoms with Crippen molar-refractivity contribution in [3.8, 4) is 5.75 Å². The van der Waals surface area contributed by atoms with Crippen molar-refractivity contribution in [3.05, 3.63) is 21.1 Å². The van der Waals surface area contributed by atoms with E-state index in [1.807, 2.05) is 0 Å². The Hall–Kier alpha value is -1.08. The molecule has 20 heavy (non-hydrogen) atoms. The molecule has 0 aromatic heterocycles. The lowest BCUT2D eigenvalue weighted by atomic mass is 10.1. The average Bonchev–Trinajstić information content (AvgIpc) is 2.78. The predicted molar refractivity (Wildman–Crippen MR) is 80.6 cm³/mol. The molecule has 1 aromatic carbocycles. The van der Waals surface area contributed by atoms with E-state index in [2.05, 4.69) is 31.9 Å². The number of amides is 1. The van der Waals surface area contributed by atoms with Crippen molar-refractivity contribution in [2.45, 2.75) is 13.3 Å². The number of hydrogen-bond donors (Lipinski definition) is 1. The van der Waals surface area contributed by atoms with Gasteiger partial charge in [-0.25, -0.2) is 0 Å². The average molecular weight is 407 g/mol. The highest BCUT2D eigenvalue weighted by Gasteiger charge is 2.36. The van der Waals surface area contributed by atoms with Crippen molar-refractivity contribution in [2.24, 2.45) is 5.92 Å². The molecule has 108 valence electrons. The summed E-state index contributed by atoms with van der Waals surface area (Å²) in [7, 11) is 0. The standard InChI is InChI=1S/C13H13Br2NO4/c1-2-20-13(19)7-3-11(17)16(6-7)8-4-9(14)12(18)10(15)5-8/h4-5,7,18H,2-3,6H2,1H3/t7-/m0/s1. The van der Waals surface area contributed by atoms with Crippen molar-refractivity contribution in [1.29, 1.82) is 0 Å². The van der Waals surface area contributed by atoms with Crippen molar-refractivity contribution >= 4 is 49.4 Å². The van der Waals surface area contributed by atoms with Gasteiger partial charge in [-0.1, -0.05) is 0 Å². The van der Waals surface area contributed by atoms with Gasteiger partial charge in [0.05, 0.1) is 21.5 Å². The van der Waals surface area contributed by atoms with E-state index >= 15 is 0 Å². The Morgan fingerprint density at radius 2 is 2.05 bits per heavy atom. The molecule has 0 aliphatic carbocycles. The predicted octanol–water partition coefficient (Wildman–Crippen LogP) is 2.83. The van der Waals surface area contributed by atoms with Gasteiger partial charge in [-0.05, 0) is 50.9 Å². The number of halogens is 2. The number of rotatable bonds is 3. The van der Waals surface area contributed by atoms with Crippen LogP contribution >= 0.6 is 31.9 Å². The number of ether oxygens (including phenoxy) is 1. The van der Waals surface area contributed by atoms with Gasteiger partial charge >= 0.3 is 5.97 Å². The zero-order chi connectivity index (χ0) is 14.9. The molecule has 7 heteroatoms. The van der Waals surface area contributed by atoms with Crippen LogP contribution in [0.15, 0.2) is 21.1 Å². The van der Waals surface area contributed by atoms with Crippen LogP contribution in [0.25, 0.3) is 0 Å². The molecule has 1 N–H and O–H groups in total. The van der Waals surface area contributed by atoms with Crippen LogP contribution < -0.4 is 4.90 Å². The molecular formula is C13H13Br2NO4. The van der Waals surface area contributed by atoms with Gasteiger partial charge < -0.3 is 14.7 Å². The van der Waals surface area contributed by atoms with Crippen LogP contribution in [0.3, 0.4) is 0 Å². The highest BCUT2D eigenvalue weighted by Crippen LogP contribution is 2.38. The van der Waals surface area contributed by atoms with E-state index in [4.69, 9.17) is 4.74 Å². The lowest BCUT2D eigenvalue weighted by Crippen LogP contribution is -2.26. The summed E-state index contributed by atoms with van der Waals surface area (Å²) in [5.74, 6) is -0.844. The number of anilines is 1. The molecular weight excluding hydrogens is 394 g/mol. The number of phenols is 1. The van der Waals surface area contributed by atoms with Crippen LogP contribution in [0.4, 0.5) is 5.69 Å². The summed E-state index contributed by atoms with van der Waals surface area (Å²) in [5.41, 5.74) is 0.623. The molecule has 1 aliphatic heterocycles. The first-order valence-corrected chi connectivity index (χ1v) is 7.67. The molecule has 1 aromatic rings. The minimum absolute atomic E-state index is 0.0716. The maximum atomic E-state index is 12.0. The van der Waals surface area contributed by atoms with E-state index < -0.39 is 5.92 Å². The highest BCUT2D eigenvalue weighted by atomic mass is 79.9. The smallest absolute Gasteiger partial charge is 0.311 e. The monoisotopic (exact) mass is 405 g/mol. The summed E-state index contributed by atoms with van der Waals surface area (Å²) in [5, 5.41) is 9.68. The zero-order valence-electron chi connectivity index (χ0n) is 10.7. The molecule has 5 nitrogen and oxygen atoms in total. The normalized spacial score (nSPS) is 18.4. The minimum Gasteiger partial charge on any atom is -0.506 e. The second-order valence-corrected chi connectivity index (χ2v) is 6.12. The molecule has 1 atom stereocenters. The number of aromatic hydroxyl groups is 1. The molecule has 0 unspecified atom stereocenters. The Balaban J connectivity index is 2.22. The summed E-state index contributed by atoms with van der Waals surface area (Å²) < 4.78 is 5.91. The fraction of sp³-hybridized carbons (Fsp3) is 0.385. The Morgan fingerprint density at radius 1 is 1.45 bits per heavy atom. The molecule has 1 amide bonds. The Bertz CT molecular complexity index is 538. The molecule has 0 radical (unpaired) electrons. The van der Waals surface area contributed by atoms with Crippen molar-refractivity contribution in [2.75, 3.05) is 18.1 Å². The van der Waals surface area contributed by atoms with Gasteiger partial charge in [0.15, 0.2) is 0 Å². The number of esters is 1. The summed E-state index contributed by atoms with van der Waals surface area (Å²) in [6.07, 6.45) is 0.148. The third-order valence-corrected chi connectivity index (χ3v) is 4.27. The van der Waals surface area contributed by atoms with E-state index in [0.29, 0.717) is 27.8 Å². The molecule has 0 saturated carbocycles. The van der Waals surface area contributed by atoms with E-state index in [-0.39, 0.29) is 24.0 Å². The molecule has 0 bridgehead atoms. The Kier molecular flexibility index (Phi) is 4.70. The Labute approximate surface area is 133 Å². The van der Waals surface area contributed by atoms with Crippen LogP contribution in [-0.4, -0.2) is 30.1 Å². The van der Waals surface area contributed by atoms with Gasteiger partial charge in [0.1, 0.15) is 5.75 Å². The number of carbonyl (C=O) groups is 2. The van der Waals surface area contributed by atoms with E-state index in [0.717, 1.165) is 0 Å². The molecule has 1 aliphatic rings. The molecule has 0 spiro atoms. The highest BCUT2D eigenvalue weighted by molar-refractivity contribution is 9.11. The Morgan fingerprint density at radius 3 is 2.60 bits per heavy atom. The zero-order valence-corrected chi connectivity index (χ0v) is 13.9. The quantitative estimate of drug-likeness (QED) is 0.783. The van der Waals surface area contributed by atoms with Crippen molar-refractivity contribution in [1.82, 2.24) is 0 Å².